The van der Waals surface area contributed by atoms with E-state index < -0.39 is 0 Å². The number of morpholine rings is 1. The third-order valence-corrected chi connectivity index (χ3v) is 5.57. The lowest BCUT2D eigenvalue weighted by Crippen LogP contribution is -2.46. The van der Waals surface area contributed by atoms with Crippen LogP contribution in [0.15, 0.2) is 53.6 Å². The number of ether oxygens (including phenoxy) is 3. The van der Waals surface area contributed by atoms with Crippen molar-refractivity contribution in [2.45, 2.75) is 0 Å². The number of anilines is 2. The molecule has 2 aromatic carbocycles. The Hall–Kier alpha value is -3.56. The van der Waals surface area contributed by atoms with Crippen molar-refractivity contribution in [3.63, 3.8) is 0 Å². The molecule has 2 heterocycles. The van der Waals surface area contributed by atoms with Gasteiger partial charge in [-0.05, 0) is 42.0 Å². The number of allylic oxidation sites excluding steroid dienone is 1. The second kappa shape index (κ2) is 10.8. The third kappa shape index (κ3) is 5.82. The molecule has 0 unspecified atom stereocenters. The van der Waals surface area contributed by atoms with Crippen LogP contribution < -0.4 is 25.5 Å². The molecule has 33 heavy (non-hydrogen) atoms. The van der Waals surface area contributed by atoms with Gasteiger partial charge < -0.3 is 24.8 Å². The van der Waals surface area contributed by atoms with E-state index in [4.69, 9.17) is 19.9 Å². The molecule has 2 aliphatic rings. The Bertz CT molecular complexity index is 1030. The van der Waals surface area contributed by atoms with Crippen LogP contribution in [0, 0.1) is 0 Å². The van der Waals surface area contributed by atoms with Gasteiger partial charge in [0.05, 0.1) is 31.7 Å². The Morgan fingerprint density at radius 3 is 2.88 bits per heavy atom. The zero-order chi connectivity index (χ0) is 23.0. The lowest BCUT2D eigenvalue weighted by Gasteiger charge is -2.33. The number of benzene rings is 2. The monoisotopic (exact) mass is 451 g/mol. The molecule has 0 saturated carbocycles. The van der Waals surface area contributed by atoms with E-state index in [2.05, 4.69) is 15.4 Å². The highest BCUT2D eigenvalue weighted by Gasteiger charge is 2.26. The molecule has 2 aliphatic heterocycles. The van der Waals surface area contributed by atoms with Crippen LogP contribution in [0.5, 0.6) is 11.5 Å². The Morgan fingerprint density at radius 2 is 2.06 bits per heavy atom. The van der Waals surface area contributed by atoms with Gasteiger partial charge >= 0.3 is 0 Å². The zero-order valence-electron chi connectivity index (χ0n) is 18.7. The van der Waals surface area contributed by atoms with E-state index in [1.54, 1.807) is 24.3 Å². The van der Waals surface area contributed by atoms with Gasteiger partial charge in [-0.15, -0.1) is 0 Å². The van der Waals surface area contributed by atoms with E-state index in [-0.39, 0.29) is 12.5 Å². The molecule has 0 aromatic heterocycles. The summed E-state index contributed by atoms with van der Waals surface area (Å²) in [5.74, 6) is 1.37. The maximum atomic E-state index is 12.6. The van der Waals surface area contributed by atoms with E-state index in [1.807, 2.05) is 42.5 Å². The molecule has 174 valence electrons. The average molecular weight is 452 g/mol. The number of carbonyl (C=O) groups is 1. The predicted molar refractivity (Wildman–Crippen MR) is 129 cm³/mol. The van der Waals surface area contributed by atoms with E-state index in [9.17, 15) is 4.79 Å². The van der Waals surface area contributed by atoms with Crippen LogP contribution in [0.4, 0.5) is 11.4 Å². The largest absolute Gasteiger partial charge is 0.497 e. The van der Waals surface area contributed by atoms with Crippen molar-refractivity contribution in [1.29, 1.82) is 0 Å². The Kier molecular flexibility index (Phi) is 7.43. The summed E-state index contributed by atoms with van der Waals surface area (Å²) in [7, 11) is 1.62. The fraction of sp³-hybridized carbons (Fsp3) is 0.333. The number of methoxy groups -OCH3 is 1. The number of hydrazone groups is 1. The highest BCUT2D eigenvalue weighted by atomic mass is 16.5. The van der Waals surface area contributed by atoms with Gasteiger partial charge in [0.2, 0.25) is 0 Å². The highest BCUT2D eigenvalue weighted by Crippen LogP contribution is 2.34. The van der Waals surface area contributed by atoms with E-state index >= 15 is 0 Å². The van der Waals surface area contributed by atoms with Crippen LogP contribution in [-0.4, -0.2) is 70.1 Å². The smallest absolute Gasteiger partial charge is 0.265 e. The van der Waals surface area contributed by atoms with Gasteiger partial charge in [-0.1, -0.05) is 6.07 Å². The lowest BCUT2D eigenvalue weighted by molar-refractivity contribution is -0.121. The summed E-state index contributed by atoms with van der Waals surface area (Å²) >= 11 is 0. The Labute approximate surface area is 193 Å². The number of rotatable bonds is 8. The van der Waals surface area contributed by atoms with Crippen molar-refractivity contribution in [2.75, 3.05) is 63.4 Å². The molecular formula is C24H29N5O4. The second-order valence-corrected chi connectivity index (χ2v) is 7.71. The maximum absolute atomic E-state index is 12.6. The van der Waals surface area contributed by atoms with Gasteiger partial charge in [0.25, 0.3) is 5.91 Å². The van der Waals surface area contributed by atoms with Gasteiger partial charge in [-0.3, -0.25) is 15.1 Å². The average Bonchev–Trinajstić information content (AvgIpc) is 2.86. The number of amides is 1. The molecule has 0 spiro atoms. The fourth-order valence-corrected chi connectivity index (χ4v) is 3.71. The number of nitrogens with one attached hydrogen (secondary N) is 1. The SMILES string of the molecule is COc1cccc(NN=CC=C(N)c2ccc3c(c2)N(CCN2CCOCC2)C(=O)CO3)c1. The van der Waals surface area contributed by atoms with Crippen LogP contribution in [-0.2, 0) is 9.53 Å². The molecule has 0 bridgehead atoms. The number of carbonyl (C=O) groups excluding carboxylic acids is 1. The van der Waals surface area contributed by atoms with Crippen molar-refractivity contribution in [3.8, 4) is 11.5 Å². The molecular weight excluding hydrogens is 422 g/mol. The van der Waals surface area contributed by atoms with Gasteiger partial charge in [-0.25, -0.2) is 0 Å². The zero-order valence-corrected chi connectivity index (χ0v) is 18.7. The minimum atomic E-state index is -0.0560. The molecule has 1 amide bonds. The summed E-state index contributed by atoms with van der Waals surface area (Å²) in [6.45, 7) is 4.64. The summed E-state index contributed by atoms with van der Waals surface area (Å²) < 4.78 is 16.2. The minimum absolute atomic E-state index is 0.0450. The molecule has 0 radical (unpaired) electrons. The number of nitrogens with two attached hydrogens (primary N) is 1. The third-order valence-electron chi connectivity index (χ3n) is 5.57. The van der Waals surface area contributed by atoms with Gasteiger partial charge in [0, 0.05) is 44.2 Å². The topological polar surface area (TPSA) is 102 Å². The summed E-state index contributed by atoms with van der Waals surface area (Å²) in [4.78, 5) is 16.7. The molecule has 2 aromatic rings. The first kappa shape index (κ1) is 22.6. The molecule has 9 heteroatoms. The summed E-state index contributed by atoms with van der Waals surface area (Å²) in [6.07, 6.45) is 3.30. The normalized spacial score (nSPS) is 17.1. The van der Waals surface area contributed by atoms with Crippen molar-refractivity contribution in [2.24, 2.45) is 10.8 Å². The molecule has 9 nitrogen and oxygen atoms in total. The van der Waals surface area contributed by atoms with Crippen molar-refractivity contribution < 1.29 is 19.0 Å². The van der Waals surface area contributed by atoms with Crippen LogP contribution >= 0.6 is 0 Å². The highest BCUT2D eigenvalue weighted by molar-refractivity contribution is 5.98. The molecule has 4 rings (SSSR count). The van der Waals surface area contributed by atoms with Crippen LogP contribution in [0.3, 0.4) is 0 Å². The first-order chi connectivity index (χ1) is 16.1. The second-order valence-electron chi connectivity index (χ2n) is 7.71. The van der Waals surface area contributed by atoms with Crippen molar-refractivity contribution in [1.82, 2.24) is 4.90 Å². The summed E-state index contributed by atoms with van der Waals surface area (Å²) in [5.41, 5.74) is 12.1. The van der Waals surface area contributed by atoms with Crippen LogP contribution in [0.25, 0.3) is 5.70 Å². The quantitative estimate of drug-likeness (QED) is 0.468. The van der Waals surface area contributed by atoms with E-state index in [0.29, 0.717) is 18.0 Å². The van der Waals surface area contributed by atoms with E-state index in [0.717, 1.165) is 55.5 Å². The number of fused-ring (bicyclic) bond motifs is 1. The van der Waals surface area contributed by atoms with Gasteiger partial charge in [0.1, 0.15) is 11.5 Å². The predicted octanol–water partition coefficient (Wildman–Crippen LogP) is 2.15. The Morgan fingerprint density at radius 1 is 1.21 bits per heavy atom. The standard InChI is InChI=1S/C24H29N5O4/c1-31-20-4-2-3-19(16-20)27-26-8-7-21(25)18-5-6-23-22(15-18)29(24(30)17-33-23)10-9-28-11-13-32-14-12-28/h2-8,15-16,27H,9-14,17,25H2,1H3. The fourth-order valence-electron chi connectivity index (χ4n) is 3.71. The number of nitrogens with zero attached hydrogens (tertiary/aromatic N) is 3. The molecule has 1 saturated heterocycles. The van der Waals surface area contributed by atoms with Gasteiger partial charge in [-0.2, -0.15) is 5.10 Å². The van der Waals surface area contributed by atoms with Gasteiger partial charge in [0.15, 0.2) is 6.61 Å². The molecule has 1 fully saturated rings. The molecule has 0 atom stereocenters. The minimum Gasteiger partial charge on any atom is -0.497 e. The van der Waals surface area contributed by atoms with Crippen LogP contribution in [0.1, 0.15) is 5.56 Å². The summed E-state index contributed by atoms with van der Waals surface area (Å²) in [6, 6.07) is 13.1. The lowest BCUT2D eigenvalue weighted by atomic mass is 10.1. The summed E-state index contributed by atoms with van der Waals surface area (Å²) in [5, 5.41) is 4.19. The first-order valence-corrected chi connectivity index (χ1v) is 10.9. The van der Waals surface area contributed by atoms with Crippen LogP contribution in [0.2, 0.25) is 0 Å². The molecule has 0 aliphatic carbocycles. The Balaban J connectivity index is 1.43. The van der Waals surface area contributed by atoms with E-state index in [1.165, 1.54) is 0 Å². The number of hydrogen-bond acceptors (Lipinski definition) is 8. The molecule has 3 N–H and O–H groups in total. The van der Waals surface area contributed by atoms with Crippen molar-refractivity contribution in [3.05, 3.63) is 54.1 Å². The van der Waals surface area contributed by atoms with Crippen molar-refractivity contribution >= 4 is 29.2 Å². The maximum Gasteiger partial charge on any atom is 0.265 e. The first-order valence-electron chi connectivity index (χ1n) is 10.9. The number of hydrogen-bond donors (Lipinski definition) is 2.